The van der Waals surface area contributed by atoms with Crippen molar-refractivity contribution in [3.8, 4) is 0 Å². The Morgan fingerprint density at radius 3 is 2.60 bits per heavy atom. The number of hydrogen-bond acceptors (Lipinski definition) is 3. The van der Waals surface area contributed by atoms with Crippen LogP contribution in [0.1, 0.15) is 65.7 Å². The normalized spacial score (nSPS) is 26.9. The third kappa shape index (κ3) is 4.71. The second-order valence-corrected chi connectivity index (χ2v) is 6.78. The number of nitrogens with zero attached hydrogens (tertiary/aromatic N) is 1. The molecule has 120 valence electrons. The van der Waals surface area contributed by atoms with Crippen LogP contribution in [0.25, 0.3) is 0 Å². The van der Waals surface area contributed by atoms with Crippen molar-refractivity contribution in [3.63, 3.8) is 0 Å². The minimum atomic E-state index is -0.00787. The van der Waals surface area contributed by atoms with Gasteiger partial charge < -0.3 is 15.3 Å². The van der Waals surface area contributed by atoms with Crippen LogP contribution in [0.3, 0.4) is 0 Å². The minimum Gasteiger partial charge on any atom is -0.394 e. The lowest BCUT2D eigenvalue weighted by atomic mass is 9.85. The largest absolute Gasteiger partial charge is 0.394 e. The van der Waals surface area contributed by atoms with Crippen LogP contribution in [0, 0.1) is 5.92 Å². The average Bonchev–Trinajstić information content (AvgIpc) is 2.85. The van der Waals surface area contributed by atoms with Crippen molar-refractivity contribution in [2.75, 3.05) is 26.7 Å². The van der Waals surface area contributed by atoms with E-state index in [1.807, 2.05) is 7.05 Å². The van der Waals surface area contributed by atoms with Gasteiger partial charge in [0.2, 0.25) is 0 Å². The Bertz CT molecular complexity index is 251. The zero-order valence-corrected chi connectivity index (χ0v) is 14.1. The molecule has 1 aliphatic carbocycles. The van der Waals surface area contributed by atoms with Crippen LogP contribution in [0.5, 0.6) is 0 Å². The average molecular weight is 284 g/mol. The van der Waals surface area contributed by atoms with Gasteiger partial charge in [0.05, 0.1) is 6.61 Å². The van der Waals surface area contributed by atoms with Gasteiger partial charge in [0.25, 0.3) is 0 Å². The molecule has 1 rings (SSSR count). The van der Waals surface area contributed by atoms with E-state index in [1.54, 1.807) is 0 Å². The van der Waals surface area contributed by atoms with Gasteiger partial charge in [-0.3, -0.25) is 0 Å². The molecule has 0 saturated heterocycles. The topological polar surface area (TPSA) is 35.5 Å². The fourth-order valence-corrected chi connectivity index (χ4v) is 3.70. The highest BCUT2D eigenvalue weighted by molar-refractivity contribution is 4.98. The number of unbranched alkanes of at least 4 members (excludes halogenated alkanes) is 2. The lowest BCUT2D eigenvalue weighted by Gasteiger charge is -2.36. The molecule has 0 aromatic rings. The van der Waals surface area contributed by atoms with Crippen LogP contribution >= 0.6 is 0 Å². The van der Waals surface area contributed by atoms with Crippen molar-refractivity contribution >= 4 is 0 Å². The predicted molar refractivity (Wildman–Crippen MR) is 87.1 cm³/mol. The molecule has 2 N–H and O–H groups in total. The summed E-state index contributed by atoms with van der Waals surface area (Å²) in [5, 5.41) is 13.2. The van der Waals surface area contributed by atoms with E-state index in [0.717, 1.165) is 6.42 Å². The molecule has 1 fully saturated rings. The molecule has 0 heterocycles. The van der Waals surface area contributed by atoms with E-state index in [1.165, 1.54) is 51.6 Å². The third-order valence-electron chi connectivity index (χ3n) is 5.28. The smallest absolute Gasteiger partial charge is 0.0615 e. The minimum absolute atomic E-state index is 0.00787. The Balaban J connectivity index is 2.45. The molecule has 2 unspecified atom stereocenters. The van der Waals surface area contributed by atoms with E-state index < -0.39 is 0 Å². The van der Waals surface area contributed by atoms with Crippen LogP contribution in [-0.2, 0) is 0 Å². The van der Waals surface area contributed by atoms with Crippen molar-refractivity contribution in [2.24, 2.45) is 5.92 Å². The van der Waals surface area contributed by atoms with Crippen LogP contribution in [-0.4, -0.2) is 48.3 Å². The summed E-state index contributed by atoms with van der Waals surface area (Å²) in [6.45, 7) is 9.56. The molecule has 1 saturated carbocycles. The van der Waals surface area contributed by atoms with Crippen molar-refractivity contribution in [1.82, 2.24) is 10.2 Å². The van der Waals surface area contributed by atoms with Gasteiger partial charge in [-0.05, 0) is 65.6 Å². The van der Waals surface area contributed by atoms with Gasteiger partial charge in [0, 0.05) is 11.6 Å². The van der Waals surface area contributed by atoms with Gasteiger partial charge in [0.15, 0.2) is 0 Å². The van der Waals surface area contributed by atoms with Crippen LogP contribution in [0.4, 0.5) is 0 Å². The van der Waals surface area contributed by atoms with E-state index in [2.05, 4.69) is 31.0 Å². The number of rotatable bonds is 10. The Hall–Kier alpha value is -0.120. The molecule has 0 bridgehead atoms. The zero-order chi connectivity index (χ0) is 15.0. The van der Waals surface area contributed by atoms with Crippen molar-refractivity contribution in [1.29, 1.82) is 0 Å². The van der Waals surface area contributed by atoms with Gasteiger partial charge in [0.1, 0.15) is 0 Å². The maximum absolute atomic E-state index is 9.76. The van der Waals surface area contributed by atoms with Crippen molar-refractivity contribution < 1.29 is 5.11 Å². The highest BCUT2D eigenvalue weighted by Gasteiger charge is 2.40. The molecule has 20 heavy (non-hydrogen) atoms. The molecular weight excluding hydrogens is 248 g/mol. The maximum atomic E-state index is 9.76. The molecule has 0 aromatic heterocycles. The molecule has 0 spiro atoms. The quantitative estimate of drug-likeness (QED) is 0.605. The van der Waals surface area contributed by atoms with Crippen LogP contribution in [0.2, 0.25) is 0 Å². The summed E-state index contributed by atoms with van der Waals surface area (Å²) in [7, 11) is 2.01. The molecular formula is C17H36N2O. The Labute approximate surface area is 126 Å². The molecule has 0 aromatic carbocycles. The van der Waals surface area contributed by atoms with Gasteiger partial charge >= 0.3 is 0 Å². The fraction of sp³-hybridized carbons (Fsp3) is 1.00. The highest BCUT2D eigenvalue weighted by Crippen LogP contribution is 2.37. The van der Waals surface area contributed by atoms with Crippen LogP contribution in [0.15, 0.2) is 0 Å². The fourth-order valence-electron chi connectivity index (χ4n) is 3.70. The Morgan fingerprint density at radius 1 is 1.30 bits per heavy atom. The number of aliphatic hydroxyl groups excluding tert-OH is 1. The number of aliphatic hydroxyl groups is 1. The highest BCUT2D eigenvalue weighted by atomic mass is 16.3. The number of likely N-dealkylation sites (N-methyl/N-ethyl adjacent to an activating group) is 1. The van der Waals surface area contributed by atoms with Gasteiger partial charge in [-0.2, -0.15) is 0 Å². The summed E-state index contributed by atoms with van der Waals surface area (Å²) in [6, 6.07) is 0.631. The lowest BCUT2D eigenvalue weighted by Crippen LogP contribution is -2.50. The second-order valence-electron chi connectivity index (χ2n) is 6.78. The van der Waals surface area contributed by atoms with E-state index in [4.69, 9.17) is 0 Å². The van der Waals surface area contributed by atoms with Crippen molar-refractivity contribution in [2.45, 2.75) is 77.3 Å². The van der Waals surface area contributed by atoms with Crippen LogP contribution < -0.4 is 5.32 Å². The molecule has 3 nitrogen and oxygen atoms in total. The third-order valence-corrected chi connectivity index (χ3v) is 5.28. The van der Waals surface area contributed by atoms with E-state index >= 15 is 0 Å². The molecule has 3 heteroatoms. The summed E-state index contributed by atoms with van der Waals surface area (Å²) >= 11 is 0. The Kier molecular flexibility index (Phi) is 8.08. The Morgan fingerprint density at radius 2 is 2.05 bits per heavy atom. The van der Waals surface area contributed by atoms with E-state index in [-0.39, 0.29) is 12.1 Å². The molecule has 0 aliphatic heterocycles. The number of nitrogens with one attached hydrogen (secondary N) is 1. The summed E-state index contributed by atoms with van der Waals surface area (Å²) in [5.41, 5.74) is -0.00787. The SMILES string of the molecule is CCCCCN(CCC1CCCC1(CO)NC)C(C)C. The van der Waals surface area contributed by atoms with Gasteiger partial charge in [-0.15, -0.1) is 0 Å². The second kappa shape index (κ2) is 9.01. The van der Waals surface area contributed by atoms with E-state index in [0.29, 0.717) is 12.0 Å². The standard InChI is InChI=1S/C17H36N2O/c1-5-6-7-12-19(15(2)3)13-10-16-9-8-11-17(16,14-20)18-4/h15-16,18,20H,5-14H2,1-4H3. The summed E-state index contributed by atoms with van der Waals surface area (Å²) in [6.07, 6.45) is 8.81. The molecule has 1 aliphatic rings. The maximum Gasteiger partial charge on any atom is 0.0615 e. The molecule has 2 atom stereocenters. The summed E-state index contributed by atoms with van der Waals surface area (Å²) < 4.78 is 0. The molecule has 0 radical (unpaired) electrons. The zero-order valence-electron chi connectivity index (χ0n) is 14.1. The first-order valence-electron chi connectivity index (χ1n) is 8.63. The first kappa shape index (κ1) is 17.9. The number of hydrogen-bond donors (Lipinski definition) is 2. The van der Waals surface area contributed by atoms with Crippen molar-refractivity contribution in [3.05, 3.63) is 0 Å². The van der Waals surface area contributed by atoms with E-state index in [9.17, 15) is 5.11 Å². The summed E-state index contributed by atoms with van der Waals surface area (Å²) in [4.78, 5) is 2.62. The summed E-state index contributed by atoms with van der Waals surface area (Å²) in [5.74, 6) is 0.630. The van der Waals surface area contributed by atoms with Gasteiger partial charge in [-0.25, -0.2) is 0 Å². The monoisotopic (exact) mass is 284 g/mol. The molecule has 0 amide bonds. The van der Waals surface area contributed by atoms with Gasteiger partial charge in [-0.1, -0.05) is 26.2 Å². The predicted octanol–water partition coefficient (Wildman–Crippen LogP) is 3.03. The first-order chi connectivity index (χ1) is 9.59. The first-order valence-corrected chi connectivity index (χ1v) is 8.63. The lowest BCUT2D eigenvalue weighted by molar-refractivity contribution is 0.113.